The lowest BCUT2D eigenvalue weighted by molar-refractivity contribution is -0.885. The van der Waals surface area contributed by atoms with Gasteiger partial charge in [-0.3, -0.25) is 4.79 Å². The van der Waals surface area contributed by atoms with Gasteiger partial charge in [-0.05, 0) is 6.42 Å². The van der Waals surface area contributed by atoms with Crippen LogP contribution in [-0.4, -0.2) is 37.5 Å². The molecule has 1 atom stereocenters. The Morgan fingerprint density at radius 1 is 1.36 bits per heavy atom. The maximum atomic E-state index is 11.2. The monoisotopic (exact) mass is 177 g/mol. The van der Waals surface area contributed by atoms with Gasteiger partial charge < -0.3 is 16.9 Å². The number of likely N-dealkylation sites (N-methyl/N-ethyl adjacent to an activating group) is 1. The van der Waals surface area contributed by atoms with Crippen molar-refractivity contribution in [1.82, 2.24) is 0 Å². The summed E-state index contributed by atoms with van der Waals surface area (Å²) < 4.78 is 0.804. The molecule has 0 bridgehead atoms. The highest BCUT2D eigenvalue weighted by Gasteiger charge is 2.34. The molecule has 0 aliphatic heterocycles. The predicted molar refractivity (Wildman–Crippen MR) is 40.7 cm³/mol. The molecule has 0 heterocycles. The molecule has 0 amide bonds. The Kier molecular flexibility index (Phi) is 3.52. The summed E-state index contributed by atoms with van der Waals surface area (Å²) in [5.74, 6) is 0.451. The highest BCUT2D eigenvalue weighted by atomic mass is 35.5. The molecule has 0 radical (unpaired) electrons. The van der Waals surface area contributed by atoms with Crippen molar-refractivity contribution in [1.29, 1.82) is 0 Å². The Labute approximate surface area is 74.6 Å². The molecule has 0 N–H and O–H groups in total. The van der Waals surface area contributed by atoms with Crippen molar-refractivity contribution in [3.05, 3.63) is 0 Å². The smallest absolute Gasteiger partial charge is 0.189 e. The fourth-order valence-corrected chi connectivity index (χ4v) is 1.62. The third-order valence-corrected chi connectivity index (χ3v) is 2.21. The molecule has 0 spiro atoms. The lowest BCUT2D eigenvalue weighted by atomic mass is 10.2. The van der Waals surface area contributed by atoms with E-state index < -0.39 is 0 Å². The average Bonchev–Trinajstić information content (AvgIpc) is 2.11. The number of nitrogens with zero attached hydrogens (tertiary/aromatic N) is 1. The fourth-order valence-electron chi connectivity index (χ4n) is 1.62. The normalized spacial score (nSPS) is 25.0. The van der Waals surface area contributed by atoms with Crippen LogP contribution in [0.5, 0.6) is 0 Å². The van der Waals surface area contributed by atoms with E-state index in [9.17, 15) is 4.79 Å². The van der Waals surface area contributed by atoms with E-state index in [-0.39, 0.29) is 18.4 Å². The van der Waals surface area contributed by atoms with Crippen molar-refractivity contribution < 1.29 is 21.7 Å². The van der Waals surface area contributed by atoms with Crippen LogP contribution in [0.25, 0.3) is 0 Å². The second kappa shape index (κ2) is 3.55. The summed E-state index contributed by atoms with van der Waals surface area (Å²) in [6, 6.07) is 0.278. The number of quaternary nitrogens is 1. The van der Waals surface area contributed by atoms with Crippen LogP contribution in [0.15, 0.2) is 0 Å². The number of hydrogen-bond acceptors (Lipinski definition) is 1. The molecule has 3 heteroatoms. The van der Waals surface area contributed by atoms with Crippen LogP contribution in [0.1, 0.15) is 19.3 Å². The standard InChI is InChI=1S/C8H16NO.ClH/c1-9(2,3)7-5-4-6-8(7)10;/h7H,4-6H2,1-3H3;1H/q+1;/p-1. The number of carbonyl (C=O) groups excluding carboxylic acids is 1. The highest BCUT2D eigenvalue weighted by Crippen LogP contribution is 2.21. The van der Waals surface area contributed by atoms with Gasteiger partial charge in [0, 0.05) is 12.8 Å². The maximum Gasteiger partial charge on any atom is 0.189 e. The van der Waals surface area contributed by atoms with Crippen LogP contribution in [0.4, 0.5) is 0 Å². The first-order valence-electron chi connectivity index (χ1n) is 3.85. The summed E-state index contributed by atoms with van der Waals surface area (Å²) in [5, 5.41) is 0. The van der Waals surface area contributed by atoms with Gasteiger partial charge in [-0.15, -0.1) is 0 Å². The average molecular weight is 178 g/mol. The molecule has 2 nitrogen and oxygen atoms in total. The molecular weight excluding hydrogens is 162 g/mol. The molecular formula is C8H16ClNO. The molecule has 11 heavy (non-hydrogen) atoms. The molecule has 0 aromatic carbocycles. The lowest BCUT2D eigenvalue weighted by Crippen LogP contribution is -3.00. The van der Waals surface area contributed by atoms with Crippen LogP contribution in [0.2, 0.25) is 0 Å². The van der Waals surface area contributed by atoms with E-state index in [2.05, 4.69) is 21.1 Å². The van der Waals surface area contributed by atoms with Gasteiger partial charge in [0.15, 0.2) is 5.78 Å². The van der Waals surface area contributed by atoms with E-state index in [1.807, 2.05) is 0 Å². The molecule has 66 valence electrons. The zero-order valence-corrected chi connectivity index (χ0v) is 8.19. The van der Waals surface area contributed by atoms with E-state index in [4.69, 9.17) is 0 Å². The molecule has 0 saturated heterocycles. The van der Waals surface area contributed by atoms with Gasteiger partial charge in [-0.1, -0.05) is 0 Å². The van der Waals surface area contributed by atoms with Crippen molar-refractivity contribution in [2.45, 2.75) is 25.3 Å². The van der Waals surface area contributed by atoms with Crippen molar-refractivity contribution in [2.75, 3.05) is 21.1 Å². The summed E-state index contributed by atoms with van der Waals surface area (Å²) >= 11 is 0. The Morgan fingerprint density at radius 2 is 1.91 bits per heavy atom. The van der Waals surface area contributed by atoms with Crippen molar-refractivity contribution in [2.24, 2.45) is 0 Å². The van der Waals surface area contributed by atoms with Gasteiger partial charge in [0.1, 0.15) is 6.04 Å². The van der Waals surface area contributed by atoms with Crippen molar-refractivity contribution in [3.63, 3.8) is 0 Å². The second-order valence-electron chi connectivity index (χ2n) is 3.99. The Morgan fingerprint density at radius 3 is 2.09 bits per heavy atom. The first-order chi connectivity index (χ1) is 4.52. The van der Waals surface area contributed by atoms with E-state index in [1.54, 1.807) is 0 Å². The van der Waals surface area contributed by atoms with Gasteiger partial charge in [-0.2, -0.15) is 0 Å². The highest BCUT2D eigenvalue weighted by molar-refractivity contribution is 5.84. The van der Waals surface area contributed by atoms with Crippen molar-refractivity contribution in [3.8, 4) is 0 Å². The number of Topliss-reactive ketones (excluding diaryl/α,β-unsaturated/α-hetero) is 1. The number of halogens is 1. The van der Waals surface area contributed by atoms with E-state index in [0.717, 1.165) is 23.7 Å². The number of carbonyl (C=O) groups is 1. The minimum Gasteiger partial charge on any atom is -1.00 e. The van der Waals surface area contributed by atoms with E-state index in [1.165, 1.54) is 0 Å². The molecule has 1 fully saturated rings. The van der Waals surface area contributed by atoms with Gasteiger partial charge >= 0.3 is 0 Å². The molecule has 0 aromatic heterocycles. The third-order valence-electron chi connectivity index (χ3n) is 2.21. The minimum absolute atomic E-state index is 0. The fraction of sp³-hybridized carbons (Fsp3) is 0.875. The van der Waals surface area contributed by atoms with Crippen LogP contribution in [0, 0.1) is 0 Å². The van der Waals surface area contributed by atoms with Crippen LogP contribution in [0.3, 0.4) is 0 Å². The Hall–Kier alpha value is -0.0800. The molecule has 1 aliphatic rings. The first kappa shape index (κ1) is 10.9. The van der Waals surface area contributed by atoms with Crippen LogP contribution < -0.4 is 12.4 Å². The largest absolute Gasteiger partial charge is 1.00 e. The predicted octanol–water partition coefficient (Wildman–Crippen LogP) is -2.18. The summed E-state index contributed by atoms with van der Waals surface area (Å²) in [7, 11) is 6.27. The number of hydrogen-bond donors (Lipinski definition) is 0. The molecule has 0 aromatic rings. The molecule has 1 unspecified atom stereocenters. The van der Waals surface area contributed by atoms with Gasteiger partial charge in [-0.25, -0.2) is 0 Å². The molecule has 1 saturated carbocycles. The number of rotatable bonds is 1. The zero-order chi connectivity index (χ0) is 7.78. The van der Waals surface area contributed by atoms with Crippen LogP contribution in [-0.2, 0) is 4.79 Å². The molecule has 1 aliphatic carbocycles. The molecule has 1 rings (SSSR count). The topological polar surface area (TPSA) is 17.1 Å². The first-order valence-corrected chi connectivity index (χ1v) is 3.85. The lowest BCUT2D eigenvalue weighted by Gasteiger charge is -2.29. The SMILES string of the molecule is C[N+](C)(C)C1CCCC1=O.[Cl-]. The van der Waals surface area contributed by atoms with Gasteiger partial charge in [0.2, 0.25) is 0 Å². The van der Waals surface area contributed by atoms with Gasteiger partial charge in [0.05, 0.1) is 21.1 Å². The summed E-state index contributed by atoms with van der Waals surface area (Å²) in [6.45, 7) is 0. The second-order valence-corrected chi connectivity index (χ2v) is 3.99. The third kappa shape index (κ3) is 2.46. The zero-order valence-electron chi connectivity index (χ0n) is 7.43. The summed E-state index contributed by atoms with van der Waals surface area (Å²) in [5.41, 5.74) is 0. The Bertz CT molecular complexity index is 151. The van der Waals surface area contributed by atoms with Gasteiger partial charge in [0.25, 0.3) is 0 Å². The number of ketones is 1. The summed E-state index contributed by atoms with van der Waals surface area (Å²) in [6.07, 6.45) is 2.99. The minimum atomic E-state index is 0. The van der Waals surface area contributed by atoms with E-state index >= 15 is 0 Å². The van der Waals surface area contributed by atoms with Crippen LogP contribution >= 0.6 is 0 Å². The Balaban J connectivity index is 0.000001000. The van der Waals surface area contributed by atoms with E-state index in [0.29, 0.717) is 5.78 Å². The van der Waals surface area contributed by atoms with Crippen molar-refractivity contribution >= 4 is 5.78 Å². The quantitative estimate of drug-likeness (QED) is 0.417. The summed E-state index contributed by atoms with van der Waals surface area (Å²) in [4.78, 5) is 11.2. The maximum absolute atomic E-state index is 11.2.